The summed E-state index contributed by atoms with van der Waals surface area (Å²) in [7, 11) is 0. The molecule has 4 heterocycles. The topological polar surface area (TPSA) is 138 Å². The van der Waals surface area contributed by atoms with Crippen LogP contribution in [0.4, 0.5) is 15.5 Å². The van der Waals surface area contributed by atoms with Gasteiger partial charge in [0.05, 0.1) is 29.9 Å². The Kier molecular flexibility index (Phi) is 8.68. The van der Waals surface area contributed by atoms with Crippen molar-refractivity contribution in [2.45, 2.75) is 27.3 Å². The minimum absolute atomic E-state index is 0.237. The van der Waals surface area contributed by atoms with E-state index in [1.807, 2.05) is 44.3 Å². The lowest BCUT2D eigenvalue weighted by atomic mass is 10.0. The molecule has 0 saturated carbocycles. The van der Waals surface area contributed by atoms with Gasteiger partial charge in [0, 0.05) is 62.4 Å². The van der Waals surface area contributed by atoms with Gasteiger partial charge in [-0.25, -0.2) is 24.5 Å². The maximum atomic E-state index is 12.2. The number of imidazole rings is 1. The first-order valence-corrected chi connectivity index (χ1v) is 13.7. The van der Waals surface area contributed by atoms with Crippen LogP contribution < -0.4 is 5.32 Å². The van der Waals surface area contributed by atoms with Gasteiger partial charge in [-0.15, -0.1) is 0 Å². The number of carbonyl (C=O) groups is 2. The molecule has 0 radical (unpaired) electrons. The monoisotopic (exact) mass is 558 g/mol. The van der Waals surface area contributed by atoms with Crippen molar-refractivity contribution in [1.82, 2.24) is 34.7 Å². The van der Waals surface area contributed by atoms with Gasteiger partial charge >= 0.3 is 12.2 Å². The maximum absolute atomic E-state index is 12.2. The molecule has 1 aliphatic rings. The molecule has 0 unspecified atom stereocenters. The number of nitrogens with one attached hydrogen (secondary N) is 2. The normalized spacial score (nSPS) is 13.9. The van der Waals surface area contributed by atoms with Gasteiger partial charge in [-0.2, -0.15) is 0 Å². The molecular weight excluding hydrogens is 524 g/mol. The van der Waals surface area contributed by atoms with E-state index >= 15 is 0 Å². The SMILES string of the molecule is CCOC(=O)Nc1nc2cc(-c3ccc(CN4CCN(C(=O)OCC(C)C)CC4)nc3)cc(-c3ncccn3)c2[nH]1. The Hall–Kier alpha value is -4.58. The van der Waals surface area contributed by atoms with Crippen LogP contribution in [-0.2, 0) is 16.0 Å². The van der Waals surface area contributed by atoms with Crippen LogP contribution >= 0.6 is 0 Å². The highest BCUT2D eigenvalue weighted by atomic mass is 16.6. The van der Waals surface area contributed by atoms with E-state index in [2.05, 4.69) is 30.2 Å². The minimum atomic E-state index is -0.587. The van der Waals surface area contributed by atoms with E-state index in [1.54, 1.807) is 30.3 Å². The Morgan fingerprint density at radius 2 is 1.80 bits per heavy atom. The van der Waals surface area contributed by atoms with Crippen LogP contribution in [0.2, 0.25) is 0 Å². The second-order valence-electron chi connectivity index (χ2n) is 10.2. The third-order valence-electron chi connectivity index (χ3n) is 6.61. The Morgan fingerprint density at radius 3 is 2.49 bits per heavy atom. The van der Waals surface area contributed by atoms with Crippen molar-refractivity contribution in [3.05, 3.63) is 54.6 Å². The fourth-order valence-electron chi connectivity index (χ4n) is 4.55. The molecule has 2 N–H and O–H groups in total. The van der Waals surface area contributed by atoms with Crippen molar-refractivity contribution in [2.24, 2.45) is 5.92 Å². The van der Waals surface area contributed by atoms with Gasteiger partial charge in [-0.05, 0) is 42.7 Å². The largest absolute Gasteiger partial charge is 0.450 e. The summed E-state index contributed by atoms with van der Waals surface area (Å²) >= 11 is 0. The lowest BCUT2D eigenvalue weighted by molar-refractivity contribution is 0.0673. The van der Waals surface area contributed by atoms with Gasteiger partial charge in [-0.3, -0.25) is 15.2 Å². The third-order valence-corrected chi connectivity index (χ3v) is 6.61. The van der Waals surface area contributed by atoms with Crippen LogP contribution in [0.1, 0.15) is 26.5 Å². The first kappa shape index (κ1) is 28.0. The average Bonchev–Trinajstić information content (AvgIpc) is 3.39. The van der Waals surface area contributed by atoms with E-state index in [9.17, 15) is 9.59 Å². The van der Waals surface area contributed by atoms with Gasteiger partial charge in [0.15, 0.2) is 5.82 Å². The zero-order chi connectivity index (χ0) is 28.8. The summed E-state index contributed by atoms with van der Waals surface area (Å²) in [6.45, 7) is 9.97. The molecule has 2 amide bonds. The van der Waals surface area contributed by atoms with E-state index in [0.717, 1.165) is 35.5 Å². The second-order valence-corrected chi connectivity index (χ2v) is 10.2. The summed E-state index contributed by atoms with van der Waals surface area (Å²) in [4.78, 5) is 49.5. The molecule has 4 aromatic rings. The highest BCUT2D eigenvalue weighted by Crippen LogP contribution is 2.32. The number of amides is 2. The molecule has 12 nitrogen and oxygen atoms in total. The van der Waals surface area contributed by atoms with Gasteiger partial charge in [0.25, 0.3) is 0 Å². The molecular formula is C29H34N8O4. The number of benzene rings is 1. The summed E-state index contributed by atoms with van der Waals surface area (Å²) in [6, 6.07) is 9.72. The Labute approximate surface area is 238 Å². The van der Waals surface area contributed by atoms with E-state index in [4.69, 9.17) is 14.5 Å². The first-order chi connectivity index (χ1) is 19.9. The molecule has 0 atom stereocenters. The molecule has 214 valence electrons. The Bertz CT molecular complexity index is 1480. The molecule has 1 aromatic carbocycles. The highest BCUT2D eigenvalue weighted by molar-refractivity contribution is 5.96. The van der Waals surface area contributed by atoms with Gasteiger partial charge < -0.3 is 19.4 Å². The predicted octanol–water partition coefficient (Wildman–Crippen LogP) is 4.56. The number of nitrogens with zero attached hydrogens (tertiary/aromatic N) is 6. The zero-order valence-corrected chi connectivity index (χ0v) is 23.5. The molecule has 3 aromatic heterocycles. The fraction of sp³-hybridized carbons (Fsp3) is 0.379. The zero-order valence-electron chi connectivity index (χ0n) is 23.5. The molecule has 0 bridgehead atoms. The van der Waals surface area contributed by atoms with Crippen molar-refractivity contribution in [1.29, 1.82) is 0 Å². The van der Waals surface area contributed by atoms with Gasteiger partial charge in [0.2, 0.25) is 5.95 Å². The molecule has 41 heavy (non-hydrogen) atoms. The molecule has 0 spiro atoms. The number of H-pyrrole nitrogens is 1. The summed E-state index contributed by atoms with van der Waals surface area (Å²) in [5, 5.41) is 2.62. The number of hydrogen-bond acceptors (Lipinski definition) is 9. The quantitative estimate of drug-likeness (QED) is 0.319. The number of aromatic nitrogens is 5. The standard InChI is InChI=1S/C29H34N8O4/c1-4-40-28(38)35-27-33-24-15-21(14-23(25(24)34-27)26-30-8-5-9-31-26)20-6-7-22(32-16-20)17-36-10-12-37(13-11-36)29(39)41-18-19(2)3/h5-9,14-16,19H,4,10-13,17-18H2,1-3H3,(H2,33,34,35,38). The molecule has 5 rings (SSSR count). The van der Waals surface area contributed by atoms with Gasteiger partial charge in [0.1, 0.15) is 0 Å². The molecule has 1 fully saturated rings. The Balaban J connectivity index is 1.31. The molecule has 1 aliphatic heterocycles. The van der Waals surface area contributed by atoms with Crippen molar-refractivity contribution in [2.75, 3.05) is 44.7 Å². The lowest BCUT2D eigenvalue weighted by Gasteiger charge is -2.34. The molecule has 12 heteroatoms. The number of fused-ring (bicyclic) bond motifs is 1. The van der Waals surface area contributed by atoms with E-state index in [-0.39, 0.29) is 18.6 Å². The third kappa shape index (κ3) is 6.95. The number of anilines is 1. The summed E-state index contributed by atoms with van der Waals surface area (Å²) < 4.78 is 10.3. The van der Waals surface area contributed by atoms with Crippen LogP contribution in [0.5, 0.6) is 0 Å². The lowest BCUT2D eigenvalue weighted by Crippen LogP contribution is -2.48. The van der Waals surface area contributed by atoms with Crippen LogP contribution in [0, 0.1) is 5.92 Å². The van der Waals surface area contributed by atoms with E-state index in [1.165, 1.54) is 0 Å². The predicted molar refractivity (Wildman–Crippen MR) is 154 cm³/mol. The van der Waals surface area contributed by atoms with E-state index < -0.39 is 6.09 Å². The molecule has 1 saturated heterocycles. The van der Waals surface area contributed by atoms with Crippen molar-refractivity contribution >= 4 is 29.2 Å². The number of carbonyl (C=O) groups excluding carboxylic acids is 2. The minimum Gasteiger partial charge on any atom is -0.450 e. The number of aromatic amines is 1. The average molecular weight is 559 g/mol. The number of pyridine rings is 1. The van der Waals surface area contributed by atoms with E-state index in [0.29, 0.717) is 49.0 Å². The van der Waals surface area contributed by atoms with Crippen molar-refractivity contribution < 1.29 is 19.1 Å². The summed E-state index contributed by atoms with van der Waals surface area (Å²) in [5.74, 6) is 1.12. The summed E-state index contributed by atoms with van der Waals surface area (Å²) in [5.41, 5.74) is 4.83. The van der Waals surface area contributed by atoms with Gasteiger partial charge in [-0.1, -0.05) is 19.9 Å². The van der Waals surface area contributed by atoms with Crippen molar-refractivity contribution in [3.8, 4) is 22.5 Å². The maximum Gasteiger partial charge on any atom is 0.413 e. The number of hydrogen-bond donors (Lipinski definition) is 2. The number of rotatable bonds is 8. The van der Waals surface area contributed by atoms with Crippen LogP contribution in [0.3, 0.4) is 0 Å². The molecule has 0 aliphatic carbocycles. The van der Waals surface area contributed by atoms with Crippen LogP contribution in [-0.4, -0.2) is 86.3 Å². The van der Waals surface area contributed by atoms with Crippen LogP contribution in [0.15, 0.2) is 48.9 Å². The number of ether oxygens (including phenoxy) is 2. The Morgan fingerprint density at radius 1 is 1.02 bits per heavy atom. The fourth-order valence-corrected chi connectivity index (χ4v) is 4.55. The second kappa shape index (κ2) is 12.7. The highest BCUT2D eigenvalue weighted by Gasteiger charge is 2.23. The smallest absolute Gasteiger partial charge is 0.413 e. The first-order valence-electron chi connectivity index (χ1n) is 13.7. The van der Waals surface area contributed by atoms with Crippen molar-refractivity contribution in [3.63, 3.8) is 0 Å². The summed E-state index contributed by atoms with van der Waals surface area (Å²) in [6.07, 6.45) is 4.38. The number of piperazine rings is 1. The van der Waals surface area contributed by atoms with Crippen LogP contribution in [0.25, 0.3) is 33.5 Å².